The summed E-state index contributed by atoms with van der Waals surface area (Å²) < 4.78 is 33.8. The average molecular weight is 482 g/mol. The zero-order valence-corrected chi connectivity index (χ0v) is 20.8. The third-order valence-electron chi connectivity index (χ3n) is 6.82. The Balaban J connectivity index is 1.22. The zero-order valence-electron chi connectivity index (χ0n) is 20.8. The molecule has 0 N–H and O–H groups in total. The van der Waals surface area contributed by atoms with Crippen LogP contribution in [-0.4, -0.2) is 53.5 Å². The molecule has 2 heterocycles. The number of imidazole rings is 1. The fraction of sp³-hybridized carbons (Fsp3) is 0.464. The Morgan fingerprint density at radius 2 is 1.86 bits per heavy atom. The summed E-state index contributed by atoms with van der Waals surface area (Å²) in [5.41, 5.74) is 0.864. The number of hydrogen-bond acceptors (Lipinski definition) is 5. The maximum absolute atomic E-state index is 14.0. The smallest absolute Gasteiger partial charge is 0.165 e. The number of benzene rings is 2. The number of ether oxygens (including phenoxy) is 3. The van der Waals surface area contributed by atoms with Crippen molar-refractivity contribution in [2.75, 3.05) is 33.4 Å². The number of methoxy groups -OCH3 is 1. The van der Waals surface area contributed by atoms with Crippen molar-refractivity contribution in [3.05, 3.63) is 78.1 Å². The number of para-hydroxylation sites is 1. The van der Waals surface area contributed by atoms with E-state index >= 15 is 0 Å². The van der Waals surface area contributed by atoms with Gasteiger partial charge in [-0.3, -0.25) is 4.90 Å². The Labute approximate surface area is 207 Å². The molecular formula is C28H36FN3O3. The Kier molecular flexibility index (Phi) is 8.77. The molecular weight excluding hydrogens is 445 g/mol. The van der Waals surface area contributed by atoms with Crippen molar-refractivity contribution in [1.29, 1.82) is 0 Å². The summed E-state index contributed by atoms with van der Waals surface area (Å²) in [6, 6.07) is 14.9. The number of aryl methyl sites for hydroxylation is 2. The second kappa shape index (κ2) is 12.2. The lowest BCUT2D eigenvalue weighted by Gasteiger charge is -2.31. The third-order valence-corrected chi connectivity index (χ3v) is 6.82. The maximum atomic E-state index is 14.0. The van der Waals surface area contributed by atoms with Crippen molar-refractivity contribution in [2.24, 2.45) is 0 Å². The van der Waals surface area contributed by atoms with Gasteiger partial charge in [-0.15, -0.1) is 0 Å². The van der Waals surface area contributed by atoms with Gasteiger partial charge in [0, 0.05) is 39.1 Å². The van der Waals surface area contributed by atoms with Crippen LogP contribution < -0.4 is 9.47 Å². The van der Waals surface area contributed by atoms with Crippen LogP contribution in [-0.2, 0) is 17.8 Å². The molecule has 1 aromatic heterocycles. The molecule has 0 saturated carbocycles. The predicted molar refractivity (Wildman–Crippen MR) is 134 cm³/mol. The highest BCUT2D eigenvalue weighted by Gasteiger charge is 2.34. The lowest BCUT2D eigenvalue weighted by Crippen LogP contribution is -2.39. The van der Waals surface area contributed by atoms with E-state index in [1.807, 2.05) is 19.3 Å². The van der Waals surface area contributed by atoms with Crippen molar-refractivity contribution < 1.29 is 18.6 Å². The maximum Gasteiger partial charge on any atom is 0.165 e. The first-order chi connectivity index (χ1) is 17.1. The van der Waals surface area contributed by atoms with Gasteiger partial charge in [0.15, 0.2) is 11.6 Å². The van der Waals surface area contributed by atoms with E-state index < -0.39 is 5.60 Å². The fourth-order valence-electron chi connectivity index (χ4n) is 4.57. The minimum atomic E-state index is -0.399. The van der Waals surface area contributed by atoms with Crippen LogP contribution in [0.25, 0.3) is 0 Å². The molecule has 35 heavy (non-hydrogen) atoms. The van der Waals surface area contributed by atoms with Gasteiger partial charge >= 0.3 is 0 Å². The molecule has 3 aromatic rings. The summed E-state index contributed by atoms with van der Waals surface area (Å²) in [5, 5.41) is 0. The van der Waals surface area contributed by atoms with Gasteiger partial charge < -0.3 is 18.8 Å². The average Bonchev–Trinajstić information content (AvgIpc) is 3.18. The number of likely N-dealkylation sites (tertiary alicyclic amines) is 1. The second-order valence-electron chi connectivity index (χ2n) is 9.25. The van der Waals surface area contributed by atoms with Gasteiger partial charge in [-0.25, -0.2) is 9.37 Å². The SMILES string of the molecule is COC1(COc2ccccc2F)CCCN(Cc2ccc(OCCCn3ccnc3C)cc2)CC1. The number of nitrogens with zero attached hydrogens (tertiary/aromatic N) is 3. The summed E-state index contributed by atoms with van der Waals surface area (Å²) in [6.45, 7) is 6.74. The molecule has 1 unspecified atom stereocenters. The van der Waals surface area contributed by atoms with Crippen molar-refractivity contribution in [1.82, 2.24) is 14.5 Å². The predicted octanol–water partition coefficient (Wildman–Crippen LogP) is 5.25. The summed E-state index contributed by atoms with van der Waals surface area (Å²) in [6.07, 6.45) is 7.50. The standard InChI is InChI=1S/C28H36FN3O3/c1-23-30-15-19-32(23)17-6-20-34-25-11-9-24(10-12-25)21-31-16-5-13-28(33-2,14-18-31)22-35-27-8-4-3-7-26(27)29/h3-4,7-12,15,19H,5-6,13-14,16-18,20-22H2,1-2H3. The van der Waals surface area contributed by atoms with Crippen LogP contribution in [0.2, 0.25) is 0 Å². The number of rotatable bonds is 11. The molecule has 1 fully saturated rings. The lowest BCUT2D eigenvalue weighted by molar-refractivity contribution is -0.0548. The van der Waals surface area contributed by atoms with E-state index in [9.17, 15) is 4.39 Å². The minimum absolute atomic E-state index is 0.282. The number of aromatic nitrogens is 2. The summed E-state index contributed by atoms with van der Waals surface area (Å²) in [4.78, 5) is 6.70. The molecule has 0 amide bonds. The van der Waals surface area contributed by atoms with Crippen LogP contribution in [0.5, 0.6) is 11.5 Å². The van der Waals surface area contributed by atoms with Gasteiger partial charge in [0.25, 0.3) is 0 Å². The van der Waals surface area contributed by atoms with E-state index in [1.54, 1.807) is 25.3 Å². The van der Waals surface area contributed by atoms with E-state index in [4.69, 9.17) is 14.2 Å². The zero-order chi connectivity index (χ0) is 24.5. The molecule has 188 valence electrons. The van der Waals surface area contributed by atoms with E-state index in [1.165, 1.54) is 11.6 Å². The molecule has 7 heteroatoms. The quantitative estimate of drug-likeness (QED) is 0.350. The first-order valence-corrected chi connectivity index (χ1v) is 12.4. The van der Waals surface area contributed by atoms with Crippen LogP contribution in [0.15, 0.2) is 60.9 Å². The lowest BCUT2D eigenvalue weighted by atomic mass is 9.95. The van der Waals surface area contributed by atoms with Gasteiger partial charge in [0.05, 0.1) is 6.61 Å². The van der Waals surface area contributed by atoms with Crippen LogP contribution in [0.1, 0.15) is 37.1 Å². The van der Waals surface area contributed by atoms with Gasteiger partial charge in [0.2, 0.25) is 0 Å². The van der Waals surface area contributed by atoms with Crippen molar-refractivity contribution in [3.63, 3.8) is 0 Å². The topological polar surface area (TPSA) is 48.8 Å². The largest absolute Gasteiger partial charge is 0.494 e. The molecule has 4 rings (SSSR count). The third kappa shape index (κ3) is 7.05. The highest BCUT2D eigenvalue weighted by atomic mass is 19.1. The normalized spacial score (nSPS) is 18.8. The molecule has 0 bridgehead atoms. The molecule has 1 aliphatic heterocycles. The highest BCUT2D eigenvalue weighted by Crippen LogP contribution is 2.29. The molecule has 0 radical (unpaired) electrons. The summed E-state index contributed by atoms with van der Waals surface area (Å²) in [7, 11) is 1.73. The highest BCUT2D eigenvalue weighted by molar-refractivity contribution is 5.27. The molecule has 6 nitrogen and oxygen atoms in total. The van der Waals surface area contributed by atoms with Gasteiger partial charge in [-0.2, -0.15) is 0 Å². The Morgan fingerprint density at radius 1 is 1.03 bits per heavy atom. The Hall–Kier alpha value is -2.90. The Bertz CT molecular complexity index is 1060. The molecule has 0 aliphatic carbocycles. The summed E-state index contributed by atoms with van der Waals surface area (Å²) >= 11 is 0. The van der Waals surface area contributed by atoms with Crippen molar-refractivity contribution in [2.45, 2.75) is 51.3 Å². The molecule has 1 atom stereocenters. The summed E-state index contributed by atoms with van der Waals surface area (Å²) in [5.74, 6) is 1.87. The van der Waals surface area contributed by atoms with Crippen LogP contribution >= 0.6 is 0 Å². The van der Waals surface area contributed by atoms with E-state index in [0.29, 0.717) is 13.2 Å². The number of hydrogen-bond donors (Lipinski definition) is 0. The Morgan fingerprint density at radius 3 is 2.60 bits per heavy atom. The minimum Gasteiger partial charge on any atom is -0.494 e. The van der Waals surface area contributed by atoms with Gasteiger partial charge in [-0.05, 0) is 69.0 Å². The molecule has 1 aliphatic rings. The molecule has 2 aromatic carbocycles. The monoisotopic (exact) mass is 481 g/mol. The van der Waals surface area contributed by atoms with Gasteiger partial charge in [-0.1, -0.05) is 24.3 Å². The number of halogens is 1. The first kappa shape index (κ1) is 25.2. The van der Waals surface area contributed by atoms with Crippen molar-refractivity contribution in [3.8, 4) is 11.5 Å². The van der Waals surface area contributed by atoms with Crippen LogP contribution in [0.3, 0.4) is 0 Å². The second-order valence-corrected chi connectivity index (χ2v) is 9.25. The van der Waals surface area contributed by atoms with E-state index in [2.05, 4.69) is 38.7 Å². The van der Waals surface area contributed by atoms with Crippen LogP contribution in [0.4, 0.5) is 4.39 Å². The van der Waals surface area contributed by atoms with Crippen LogP contribution in [0, 0.1) is 12.7 Å². The van der Waals surface area contributed by atoms with E-state index in [-0.39, 0.29) is 11.6 Å². The fourth-order valence-corrected chi connectivity index (χ4v) is 4.57. The van der Waals surface area contributed by atoms with Crippen molar-refractivity contribution >= 4 is 0 Å². The first-order valence-electron chi connectivity index (χ1n) is 12.4. The molecule has 0 spiro atoms. The molecule has 1 saturated heterocycles. The van der Waals surface area contributed by atoms with Gasteiger partial charge in [0.1, 0.15) is 23.8 Å². The van der Waals surface area contributed by atoms with E-state index in [0.717, 1.165) is 63.4 Å².